The van der Waals surface area contributed by atoms with Gasteiger partial charge in [0, 0.05) is 6.92 Å². The molecule has 0 unspecified atom stereocenters. The molecule has 4 heteroatoms. The van der Waals surface area contributed by atoms with Crippen LogP contribution in [0, 0.1) is 0 Å². The molecule has 0 aliphatic heterocycles. The fourth-order valence-corrected chi connectivity index (χ4v) is 1.20. The second-order valence-electron chi connectivity index (χ2n) is 3.47. The molecular weight excluding hydrogens is 196 g/mol. The Morgan fingerprint density at radius 3 is 1.71 bits per heavy atom. The Morgan fingerprint density at radius 1 is 1.00 bits per heavy atom. The minimum atomic E-state index is -0.795. The van der Waals surface area contributed by atoms with Gasteiger partial charge in [0.2, 0.25) is 0 Å². The van der Waals surface area contributed by atoms with Crippen molar-refractivity contribution in [2.45, 2.75) is 52.4 Å². The number of ether oxygens (including phenoxy) is 2. The molecule has 0 aromatic heterocycles. The number of hydrogen-bond acceptors (Lipinski definition) is 3. The molecule has 0 spiro atoms. The lowest BCUT2D eigenvalue weighted by Gasteiger charge is -2.28. The molecule has 0 aliphatic carbocycles. The molecule has 86 valence electrons. The Bertz CT molecular complexity index is 121. The topological polar surface area (TPSA) is 27.7 Å². The van der Waals surface area contributed by atoms with Crippen LogP contribution in [-0.4, -0.2) is 29.7 Å². The van der Waals surface area contributed by atoms with Gasteiger partial charge in [-0.1, -0.05) is 26.7 Å². The van der Waals surface area contributed by atoms with E-state index in [0.717, 1.165) is 25.7 Å². The normalized spacial score (nSPS) is 12.2. The van der Waals surface area contributed by atoms with Gasteiger partial charge in [-0.25, -0.2) is 0 Å². The Hall–Kier alpha value is 0.0969. The highest BCUT2D eigenvalue weighted by Gasteiger charge is 2.23. The van der Waals surface area contributed by atoms with Crippen LogP contribution >= 0.6 is 0 Å². The van der Waals surface area contributed by atoms with E-state index in [-0.39, 0.29) is 0 Å². The van der Waals surface area contributed by atoms with Crippen LogP contribution < -0.4 is 0 Å². The van der Waals surface area contributed by atoms with E-state index < -0.39 is 5.97 Å². The molecule has 0 aliphatic rings. The minimum Gasteiger partial charge on any atom is -0.380 e. The Morgan fingerprint density at radius 2 is 1.43 bits per heavy atom. The standard InChI is InChI=1S/C10H24O3Si/c1-4-6-8-11-10(3,13-14)12-9-7-5-2/h4-9H2,1-3,14H3. The van der Waals surface area contributed by atoms with Gasteiger partial charge in [-0.05, 0) is 12.8 Å². The quantitative estimate of drug-likeness (QED) is 0.335. The molecule has 3 nitrogen and oxygen atoms in total. The Balaban J connectivity index is 3.67. The van der Waals surface area contributed by atoms with E-state index in [1.54, 1.807) is 0 Å². The molecule has 0 radical (unpaired) electrons. The first-order valence-electron chi connectivity index (χ1n) is 5.51. The second kappa shape index (κ2) is 8.41. The largest absolute Gasteiger partial charge is 0.380 e. The van der Waals surface area contributed by atoms with Crippen molar-refractivity contribution in [2.24, 2.45) is 0 Å². The van der Waals surface area contributed by atoms with Crippen molar-refractivity contribution in [3.05, 3.63) is 0 Å². The summed E-state index contributed by atoms with van der Waals surface area (Å²) in [5, 5.41) is 0. The van der Waals surface area contributed by atoms with Crippen LogP contribution in [-0.2, 0) is 13.9 Å². The van der Waals surface area contributed by atoms with E-state index in [9.17, 15) is 0 Å². The molecule has 0 saturated carbocycles. The summed E-state index contributed by atoms with van der Waals surface area (Å²) >= 11 is 0. The van der Waals surface area contributed by atoms with Gasteiger partial charge in [-0.2, -0.15) is 0 Å². The van der Waals surface area contributed by atoms with Gasteiger partial charge < -0.3 is 13.9 Å². The summed E-state index contributed by atoms with van der Waals surface area (Å²) in [7, 11) is 0.633. The molecule has 0 aromatic carbocycles. The van der Waals surface area contributed by atoms with Gasteiger partial charge in [0.15, 0.2) is 10.5 Å². The monoisotopic (exact) mass is 220 g/mol. The third-order valence-corrected chi connectivity index (χ3v) is 2.84. The van der Waals surface area contributed by atoms with Gasteiger partial charge in [0.1, 0.15) is 0 Å². The lowest BCUT2D eigenvalue weighted by Crippen LogP contribution is -2.35. The lowest BCUT2D eigenvalue weighted by atomic mass is 10.3. The molecule has 0 heterocycles. The Kier molecular flexibility index (Phi) is 8.47. The highest BCUT2D eigenvalue weighted by atomic mass is 28.2. The number of rotatable bonds is 9. The molecule has 0 rings (SSSR count). The smallest absolute Gasteiger partial charge is 0.269 e. The van der Waals surface area contributed by atoms with Crippen molar-refractivity contribution < 1.29 is 13.9 Å². The van der Waals surface area contributed by atoms with E-state index in [2.05, 4.69) is 13.8 Å². The second-order valence-corrected chi connectivity index (χ2v) is 3.88. The fourth-order valence-electron chi connectivity index (χ4n) is 0.963. The van der Waals surface area contributed by atoms with Crippen LogP contribution in [0.1, 0.15) is 46.5 Å². The van der Waals surface area contributed by atoms with Crippen LogP contribution in [0.3, 0.4) is 0 Å². The predicted molar refractivity (Wildman–Crippen MR) is 61.1 cm³/mol. The minimum absolute atomic E-state index is 0.633. The maximum Gasteiger partial charge on any atom is 0.269 e. The fraction of sp³-hybridized carbons (Fsp3) is 1.00. The van der Waals surface area contributed by atoms with Crippen molar-refractivity contribution in [3.8, 4) is 0 Å². The van der Waals surface area contributed by atoms with E-state index >= 15 is 0 Å². The van der Waals surface area contributed by atoms with Crippen molar-refractivity contribution >= 4 is 10.5 Å². The molecular formula is C10H24O3Si. The SMILES string of the molecule is CCCCOC(C)(O[SiH3])OCCCC. The highest BCUT2D eigenvalue weighted by molar-refractivity contribution is 5.98. The van der Waals surface area contributed by atoms with Gasteiger partial charge in [0.25, 0.3) is 5.97 Å². The summed E-state index contributed by atoms with van der Waals surface area (Å²) in [4.78, 5) is 0. The summed E-state index contributed by atoms with van der Waals surface area (Å²) in [6.45, 7) is 7.55. The van der Waals surface area contributed by atoms with Crippen molar-refractivity contribution in [1.29, 1.82) is 0 Å². The first-order valence-corrected chi connectivity index (χ1v) is 6.33. The van der Waals surface area contributed by atoms with Crippen LogP contribution in [0.5, 0.6) is 0 Å². The first-order chi connectivity index (χ1) is 6.68. The average Bonchev–Trinajstić information content (AvgIpc) is 2.19. The molecule has 14 heavy (non-hydrogen) atoms. The van der Waals surface area contributed by atoms with Crippen molar-refractivity contribution in [2.75, 3.05) is 13.2 Å². The highest BCUT2D eigenvalue weighted by Crippen LogP contribution is 2.14. The molecule has 0 fully saturated rings. The van der Waals surface area contributed by atoms with Crippen LogP contribution in [0.15, 0.2) is 0 Å². The van der Waals surface area contributed by atoms with E-state index in [0.29, 0.717) is 23.7 Å². The van der Waals surface area contributed by atoms with Crippen LogP contribution in [0.4, 0.5) is 0 Å². The lowest BCUT2D eigenvalue weighted by molar-refractivity contribution is -0.332. The van der Waals surface area contributed by atoms with E-state index in [1.165, 1.54) is 0 Å². The molecule has 0 saturated heterocycles. The zero-order valence-electron chi connectivity index (χ0n) is 9.97. The third-order valence-electron chi connectivity index (χ3n) is 2.10. The Labute approximate surface area is 90.7 Å². The van der Waals surface area contributed by atoms with Crippen LogP contribution in [0.25, 0.3) is 0 Å². The summed E-state index contributed by atoms with van der Waals surface area (Å²) in [6.07, 6.45) is 4.37. The summed E-state index contributed by atoms with van der Waals surface area (Å²) in [6, 6.07) is 0. The number of hydrogen-bond donors (Lipinski definition) is 0. The molecule has 0 atom stereocenters. The molecule has 0 bridgehead atoms. The van der Waals surface area contributed by atoms with Crippen molar-refractivity contribution in [1.82, 2.24) is 0 Å². The maximum absolute atomic E-state index is 5.56. The summed E-state index contributed by atoms with van der Waals surface area (Å²) in [5.41, 5.74) is 0. The average molecular weight is 220 g/mol. The first kappa shape index (κ1) is 14.1. The van der Waals surface area contributed by atoms with Gasteiger partial charge in [0.05, 0.1) is 13.2 Å². The molecule has 0 amide bonds. The molecule has 0 aromatic rings. The zero-order chi connectivity index (χ0) is 10.9. The number of unbranched alkanes of at least 4 members (excludes halogenated alkanes) is 2. The van der Waals surface area contributed by atoms with Crippen molar-refractivity contribution in [3.63, 3.8) is 0 Å². The maximum atomic E-state index is 5.56. The summed E-state index contributed by atoms with van der Waals surface area (Å²) in [5.74, 6) is -0.795. The predicted octanol–water partition coefficient (Wildman–Crippen LogP) is 1.59. The van der Waals surface area contributed by atoms with Crippen LogP contribution in [0.2, 0.25) is 0 Å². The molecule has 0 N–H and O–H groups in total. The van der Waals surface area contributed by atoms with Gasteiger partial charge in [-0.3, -0.25) is 0 Å². The van der Waals surface area contributed by atoms with E-state index in [4.69, 9.17) is 13.9 Å². The van der Waals surface area contributed by atoms with Gasteiger partial charge in [-0.15, -0.1) is 0 Å². The third kappa shape index (κ3) is 6.54. The van der Waals surface area contributed by atoms with Gasteiger partial charge >= 0.3 is 0 Å². The van der Waals surface area contributed by atoms with E-state index in [1.807, 2.05) is 6.92 Å². The summed E-state index contributed by atoms with van der Waals surface area (Å²) < 4.78 is 16.4. The zero-order valence-corrected chi connectivity index (χ0v) is 12.0.